The molecule has 0 aliphatic carbocycles. The highest BCUT2D eigenvalue weighted by Crippen LogP contribution is 2.38. The minimum atomic E-state index is -0.658. The number of rotatable bonds is 21. The van der Waals surface area contributed by atoms with Crippen LogP contribution in [-0.2, 0) is 38.6 Å². The van der Waals surface area contributed by atoms with Crippen LogP contribution in [0.2, 0.25) is 0 Å². The van der Waals surface area contributed by atoms with Gasteiger partial charge in [-0.2, -0.15) is 11.8 Å². The first-order valence-corrected chi connectivity index (χ1v) is 19.2. The fourth-order valence-electron chi connectivity index (χ4n) is 6.83. The van der Waals surface area contributed by atoms with Gasteiger partial charge < -0.3 is 44.3 Å². The van der Waals surface area contributed by atoms with Gasteiger partial charge in [-0.05, 0) is 45.2 Å². The van der Waals surface area contributed by atoms with E-state index >= 15 is 0 Å². The van der Waals surface area contributed by atoms with Crippen molar-refractivity contribution in [2.75, 3.05) is 51.9 Å². The third kappa shape index (κ3) is 9.81. The molecule has 53 heavy (non-hydrogen) atoms. The number of thioether (sulfide) groups is 1. The van der Waals surface area contributed by atoms with Gasteiger partial charge in [0.1, 0.15) is 24.8 Å². The van der Waals surface area contributed by atoms with Gasteiger partial charge in [-0.25, -0.2) is 14.3 Å². The van der Waals surface area contributed by atoms with Gasteiger partial charge in [-0.3, -0.25) is 4.79 Å². The highest BCUT2D eigenvalue weighted by Gasteiger charge is 2.50. The van der Waals surface area contributed by atoms with Crippen LogP contribution in [0, 0.1) is 20.8 Å². The molecule has 17 heteroatoms. The van der Waals surface area contributed by atoms with Crippen LogP contribution < -0.4 is 26.9 Å². The summed E-state index contributed by atoms with van der Waals surface area (Å²) < 4.78 is 30.1. The largest absolute Gasteiger partial charge is 0.461 e. The number of ether oxygens (including phenoxy) is 3. The Morgan fingerprint density at radius 1 is 1.02 bits per heavy atom. The summed E-state index contributed by atoms with van der Waals surface area (Å²) >= 11 is 1.77. The predicted octanol–water partition coefficient (Wildman–Crippen LogP) is 2.73. The molecule has 284 valence electrons. The number of nitrogens with zero attached hydrogens (tertiary/aromatic N) is 3. The summed E-state index contributed by atoms with van der Waals surface area (Å²) in [5.74, 6) is 1.52. The van der Waals surface area contributed by atoms with Crippen LogP contribution >= 0.6 is 11.8 Å². The van der Waals surface area contributed by atoms with Gasteiger partial charge in [-0.1, -0.05) is 11.6 Å². The number of benzene rings is 1. The molecular weight excluding hydrogens is 701 g/mol. The van der Waals surface area contributed by atoms with Crippen LogP contribution in [0.15, 0.2) is 32.0 Å². The molecule has 2 radical (unpaired) electrons. The molecule has 2 fully saturated rings. The molecule has 5 heterocycles. The number of unbranched alkanes of at least 4 members (excludes halogenated alkanes) is 1. The molecular formula is C36H48BN7O8S. The SMILES string of the molecule is [B][C@]12CS[C@@H](CCCCC(=O)NCCOCCOCCOCCn3cc(CNCc4c(C)oc5c(C)c6oc(=O)cc(C)c6cc45)nn3)[C@H]1NC(=O)N2. The van der Waals surface area contributed by atoms with Gasteiger partial charge in [0.15, 0.2) is 0 Å². The molecule has 3 atom stereocenters. The molecule has 0 unspecified atom stereocenters. The Bertz CT molecular complexity index is 1950. The summed E-state index contributed by atoms with van der Waals surface area (Å²) in [4.78, 5) is 35.7. The number of carbonyl (C=O) groups is 2. The van der Waals surface area contributed by atoms with E-state index in [-0.39, 0.29) is 28.9 Å². The van der Waals surface area contributed by atoms with Crippen molar-refractivity contribution in [2.24, 2.45) is 0 Å². The third-order valence-electron chi connectivity index (χ3n) is 9.64. The molecule has 15 nitrogen and oxygen atoms in total. The molecule has 4 N–H and O–H groups in total. The first kappa shape index (κ1) is 38.8. The minimum absolute atomic E-state index is 0.0114. The van der Waals surface area contributed by atoms with Crippen LogP contribution in [-0.4, -0.2) is 103 Å². The Labute approximate surface area is 313 Å². The van der Waals surface area contributed by atoms with E-state index in [1.54, 1.807) is 16.4 Å². The van der Waals surface area contributed by atoms with E-state index in [2.05, 4.69) is 31.6 Å². The summed E-state index contributed by atoms with van der Waals surface area (Å²) in [6.07, 6.45) is 4.97. The molecule has 2 aliphatic heterocycles. The van der Waals surface area contributed by atoms with Crippen molar-refractivity contribution < 1.29 is 32.6 Å². The second-order valence-corrected chi connectivity index (χ2v) is 14.8. The Kier molecular flexibility index (Phi) is 13.1. The van der Waals surface area contributed by atoms with Crippen molar-refractivity contribution in [1.29, 1.82) is 0 Å². The van der Waals surface area contributed by atoms with Crippen LogP contribution in [0.25, 0.3) is 21.9 Å². The van der Waals surface area contributed by atoms with Crippen molar-refractivity contribution in [3.05, 3.63) is 56.9 Å². The van der Waals surface area contributed by atoms with Crippen molar-refractivity contribution in [2.45, 2.75) is 82.8 Å². The topological polar surface area (TPSA) is 184 Å². The number of amides is 3. The number of nitrogens with one attached hydrogen (secondary N) is 4. The number of aromatic nitrogens is 3. The Balaban J connectivity index is 0.761. The van der Waals surface area contributed by atoms with E-state index in [1.165, 1.54) is 6.07 Å². The van der Waals surface area contributed by atoms with E-state index in [0.717, 1.165) is 63.8 Å². The number of hydrogen-bond donors (Lipinski definition) is 4. The lowest BCUT2D eigenvalue weighted by molar-refractivity contribution is -0.121. The number of carbonyl (C=O) groups excluding carboxylic acids is 2. The minimum Gasteiger partial charge on any atom is -0.461 e. The highest BCUT2D eigenvalue weighted by molar-refractivity contribution is 8.00. The molecule has 0 bridgehead atoms. The third-order valence-corrected chi connectivity index (χ3v) is 11.2. The zero-order chi connectivity index (χ0) is 37.4. The summed E-state index contributed by atoms with van der Waals surface area (Å²) in [7, 11) is 6.28. The number of hydrogen-bond acceptors (Lipinski definition) is 12. The van der Waals surface area contributed by atoms with Gasteiger partial charge in [0, 0.05) is 76.7 Å². The normalized spacial score (nSPS) is 19.6. The van der Waals surface area contributed by atoms with Crippen molar-refractivity contribution >= 4 is 53.5 Å². The van der Waals surface area contributed by atoms with E-state index in [0.29, 0.717) is 83.6 Å². The fraction of sp³-hybridized carbons (Fsp3) is 0.583. The number of urea groups is 1. The fourth-order valence-corrected chi connectivity index (χ4v) is 8.41. The smallest absolute Gasteiger partial charge is 0.336 e. The van der Waals surface area contributed by atoms with E-state index in [1.807, 2.05) is 33.0 Å². The van der Waals surface area contributed by atoms with Gasteiger partial charge in [0.05, 0.1) is 57.9 Å². The second-order valence-electron chi connectivity index (χ2n) is 13.6. The molecule has 3 amide bonds. The van der Waals surface area contributed by atoms with E-state index in [9.17, 15) is 14.4 Å². The highest BCUT2D eigenvalue weighted by atomic mass is 32.2. The number of furan rings is 1. The van der Waals surface area contributed by atoms with Gasteiger partial charge in [0.2, 0.25) is 5.91 Å². The lowest BCUT2D eigenvalue weighted by atomic mass is 9.73. The van der Waals surface area contributed by atoms with Crippen LogP contribution in [0.1, 0.15) is 53.8 Å². The summed E-state index contributed by atoms with van der Waals surface area (Å²) in [5, 5.41) is 22.7. The molecule has 0 saturated carbocycles. The molecule has 4 aromatic rings. The first-order chi connectivity index (χ1) is 25.6. The van der Waals surface area contributed by atoms with Crippen molar-refractivity contribution in [1.82, 2.24) is 36.3 Å². The zero-order valence-corrected chi connectivity index (χ0v) is 31.4. The van der Waals surface area contributed by atoms with Crippen LogP contribution in [0.3, 0.4) is 0 Å². The second kappa shape index (κ2) is 18.0. The Morgan fingerprint density at radius 3 is 2.58 bits per heavy atom. The van der Waals surface area contributed by atoms with Crippen molar-refractivity contribution in [3.63, 3.8) is 0 Å². The standard InChI is InChI=1S/C36H48BN7O8S/c1-22-16-31(46)52-32-23(2)33-27(17-26(22)32)28(24(3)51-33)19-38-18-25-20-44(43-42-25)9-11-49-13-15-50-14-12-48-10-8-39-30(45)7-5-4-6-29-34-36(37,21-53-29)41-35(47)40-34/h16-17,20,29,34,38H,4-15,18-19,21H2,1-3H3,(H,39,45)(H2,40,41,47)/t29-,34+,36-/m0/s1. The van der Waals surface area contributed by atoms with E-state index in [4.69, 9.17) is 30.9 Å². The maximum absolute atomic E-state index is 12.1. The average Bonchev–Trinajstić information content (AvgIpc) is 3.86. The summed E-state index contributed by atoms with van der Waals surface area (Å²) in [6, 6.07) is 3.29. The maximum atomic E-state index is 12.1. The predicted molar refractivity (Wildman–Crippen MR) is 201 cm³/mol. The molecule has 0 spiro atoms. The van der Waals surface area contributed by atoms with Crippen LogP contribution in [0.4, 0.5) is 4.79 Å². The Morgan fingerprint density at radius 2 is 1.77 bits per heavy atom. The monoisotopic (exact) mass is 749 g/mol. The maximum Gasteiger partial charge on any atom is 0.336 e. The first-order valence-electron chi connectivity index (χ1n) is 18.2. The van der Waals surface area contributed by atoms with Crippen molar-refractivity contribution in [3.8, 4) is 0 Å². The Hall–Kier alpha value is -3.90. The molecule has 3 aromatic heterocycles. The quantitative estimate of drug-likeness (QED) is 0.0424. The molecule has 1 aromatic carbocycles. The van der Waals surface area contributed by atoms with Gasteiger partial charge >= 0.3 is 11.7 Å². The molecule has 2 aliphatic rings. The number of aryl methyl sites for hydroxylation is 3. The molecule has 6 rings (SSSR count). The molecule has 2 saturated heterocycles. The summed E-state index contributed by atoms with van der Waals surface area (Å²) in [6.45, 7) is 10.6. The number of fused-ring (bicyclic) bond motifs is 3. The summed E-state index contributed by atoms with van der Waals surface area (Å²) in [5.41, 5.74) is 3.82. The van der Waals surface area contributed by atoms with Gasteiger partial charge in [0.25, 0.3) is 0 Å². The lowest BCUT2D eigenvalue weighted by Gasteiger charge is -2.24. The average molecular weight is 750 g/mol. The van der Waals surface area contributed by atoms with Gasteiger partial charge in [-0.15, -0.1) is 5.10 Å². The lowest BCUT2D eigenvalue weighted by Crippen LogP contribution is -2.51. The zero-order valence-electron chi connectivity index (χ0n) is 30.6. The van der Waals surface area contributed by atoms with Crippen LogP contribution in [0.5, 0.6) is 0 Å². The van der Waals surface area contributed by atoms with E-state index < -0.39 is 5.44 Å².